The van der Waals surface area contributed by atoms with Crippen molar-refractivity contribution in [3.8, 4) is 0 Å². The molecule has 0 aliphatic carbocycles. The highest BCUT2D eigenvalue weighted by Crippen LogP contribution is 2.24. The van der Waals surface area contributed by atoms with E-state index in [2.05, 4.69) is 17.9 Å². The zero-order valence-electron chi connectivity index (χ0n) is 9.16. The fourth-order valence-corrected chi connectivity index (χ4v) is 2.14. The van der Waals surface area contributed by atoms with Crippen molar-refractivity contribution >= 4 is 5.69 Å². The van der Waals surface area contributed by atoms with Gasteiger partial charge in [-0.2, -0.15) is 0 Å². The molecule has 0 atom stereocenters. The average molecular weight is 206 g/mol. The Morgan fingerprint density at radius 2 is 2.20 bits per heavy atom. The van der Waals surface area contributed by atoms with Crippen LogP contribution in [0.5, 0.6) is 0 Å². The van der Waals surface area contributed by atoms with Gasteiger partial charge in [-0.05, 0) is 30.2 Å². The Kier molecular flexibility index (Phi) is 2.93. The number of anilines is 1. The number of rotatable bonds is 2. The van der Waals surface area contributed by atoms with Crippen molar-refractivity contribution in [2.75, 3.05) is 18.8 Å². The lowest BCUT2D eigenvalue weighted by molar-refractivity contribution is 0.266. The lowest BCUT2D eigenvalue weighted by atomic mass is 9.96. The lowest BCUT2D eigenvalue weighted by Crippen LogP contribution is -2.30. The molecule has 0 unspecified atom stereocenters. The van der Waals surface area contributed by atoms with Crippen LogP contribution in [0.25, 0.3) is 0 Å². The van der Waals surface area contributed by atoms with Gasteiger partial charge in [-0.25, -0.2) is 0 Å². The van der Waals surface area contributed by atoms with Gasteiger partial charge in [-0.3, -0.25) is 4.90 Å². The Balaban J connectivity index is 2.32. The summed E-state index contributed by atoms with van der Waals surface area (Å²) < 4.78 is 0. The molecular weight excluding hydrogens is 188 g/mol. The number of nitrogen functional groups attached to an aromatic ring is 1. The molecule has 1 aromatic carbocycles. The third kappa shape index (κ3) is 1.98. The Morgan fingerprint density at radius 3 is 2.87 bits per heavy atom. The van der Waals surface area contributed by atoms with E-state index < -0.39 is 0 Å². The summed E-state index contributed by atoms with van der Waals surface area (Å²) in [5, 5.41) is 9.13. The molecule has 3 heteroatoms. The van der Waals surface area contributed by atoms with Crippen LogP contribution >= 0.6 is 0 Å². The number of nitrogens with two attached hydrogens (primary N) is 1. The SMILES string of the molecule is CCN1CCc2cc(CO)c(N)cc2C1. The van der Waals surface area contributed by atoms with Crippen LogP contribution in [0.1, 0.15) is 23.6 Å². The van der Waals surface area contributed by atoms with Gasteiger partial charge in [0, 0.05) is 24.3 Å². The molecule has 82 valence electrons. The molecule has 3 nitrogen and oxygen atoms in total. The van der Waals surface area contributed by atoms with E-state index in [0.717, 1.165) is 31.6 Å². The predicted molar refractivity (Wildman–Crippen MR) is 61.4 cm³/mol. The van der Waals surface area contributed by atoms with E-state index in [1.807, 2.05) is 6.07 Å². The molecule has 1 heterocycles. The Bertz CT molecular complexity index is 363. The summed E-state index contributed by atoms with van der Waals surface area (Å²) in [5.74, 6) is 0. The molecule has 0 fully saturated rings. The Hall–Kier alpha value is -1.06. The fraction of sp³-hybridized carbons (Fsp3) is 0.500. The van der Waals surface area contributed by atoms with Crippen molar-refractivity contribution in [1.29, 1.82) is 0 Å². The first kappa shape index (κ1) is 10.5. The van der Waals surface area contributed by atoms with Gasteiger partial charge in [-0.15, -0.1) is 0 Å². The lowest BCUT2D eigenvalue weighted by Gasteiger charge is -2.28. The number of hydrogen-bond donors (Lipinski definition) is 2. The van der Waals surface area contributed by atoms with Crippen molar-refractivity contribution in [3.05, 3.63) is 28.8 Å². The van der Waals surface area contributed by atoms with E-state index in [0.29, 0.717) is 5.69 Å². The molecule has 15 heavy (non-hydrogen) atoms. The Morgan fingerprint density at radius 1 is 1.40 bits per heavy atom. The molecule has 0 spiro atoms. The first-order valence-corrected chi connectivity index (χ1v) is 5.48. The molecule has 0 bridgehead atoms. The second-order valence-electron chi connectivity index (χ2n) is 4.10. The second-order valence-corrected chi connectivity index (χ2v) is 4.10. The number of nitrogens with zero attached hydrogens (tertiary/aromatic N) is 1. The second kappa shape index (κ2) is 4.21. The van der Waals surface area contributed by atoms with Crippen LogP contribution in [0.15, 0.2) is 12.1 Å². The van der Waals surface area contributed by atoms with Crippen LogP contribution in [-0.2, 0) is 19.6 Å². The van der Waals surface area contributed by atoms with Gasteiger partial charge in [0.2, 0.25) is 0 Å². The van der Waals surface area contributed by atoms with Gasteiger partial charge in [0.1, 0.15) is 0 Å². The summed E-state index contributed by atoms with van der Waals surface area (Å²) >= 11 is 0. The zero-order chi connectivity index (χ0) is 10.8. The average Bonchev–Trinajstić information content (AvgIpc) is 2.27. The van der Waals surface area contributed by atoms with Crippen LogP contribution in [0.2, 0.25) is 0 Å². The van der Waals surface area contributed by atoms with E-state index in [1.54, 1.807) is 0 Å². The molecule has 1 aliphatic rings. The van der Waals surface area contributed by atoms with E-state index in [4.69, 9.17) is 10.8 Å². The smallest absolute Gasteiger partial charge is 0.0702 e. The van der Waals surface area contributed by atoms with Crippen LogP contribution in [-0.4, -0.2) is 23.1 Å². The van der Waals surface area contributed by atoms with Crippen LogP contribution in [0, 0.1) is 0 Å². The number of aliphatic hydroxyl groups is 1. The van der Waals surface area contributed by atoms with Gasteiger partial charge in [0.05, 0.1) is 6.61 Å². The highest BCUT2D eigenvalue weighted by atomic mass is 16.3. The van der Waals surface area contributed by atoms with Crippen molar-refractivity contribution in [2.24, 2.45) is 0 Å². The molecule has 1 aliphatic heterocycles. The minimum atomic E-state index is 0.0383. The van der Waals surface area contributed by atoms with Crippen LogP contribution < -0.4 is 5.73 Å². The van der Waals surface area contributed by atoms with Crippen molar-refractivity contribution in [3.63, 3.8) is 0 Å². The summed E-state index contributed by atoms with van der Waals surface area (Å²) in [4.78, 5) is 2.40. The quantitative estimate of drug-likeness (QED) is 0.713. The maximum atomic E-state index is 9.13. The molecule has 0 radical (unpaired) electrons. The van der Waals surface area contributed by atoms with Crippen molar-refractivity contribution < 1.29 is 5.11 Å². The standard InChI is InChI=1S/C12H18N2O/c1-2-14-4-3-9-5-11(8-15)12(13)6-10(9)7-14/h5-6,15H,2-4,7-8,13H2,1H3. The molecule has 0 saturated carbocycles. The molecular formula is C12H18N2O. The molecule has 3 N–H and O–H groups in total. The highest BCUT2D eigenvalue weighted by molar-refractivity contribution is 5.52. The number of likely N-dealkylation sites (N-methyl/N-ethyl adjacent to an activating group) is 1. The first-order valence-electron chi connectivity index (χ1n) is 5.48. The minimum Gasteiger partial charge on any atom is -0.398 e. The van der Waals surface area contributed by atoms with E-state index in [1.165, 1.54) is 11.1 Å². The molecule has 0 saturated heterocycles. The topological polar surface area (TPSA) is 49.5 Å². The third-order valence-electron chi connectivity index (χ3n) is 3.17. The summed E-state index contributed by atoms with van der Waals surface area (Å²) in [6.45, 7) is 5.40. The van der Waals surface area contributed by atoms with Gasteiger partial charge in [0.25, 0.3) is 0 Å². The predicted octanol–water partition coefficient (Wildman–Crippen LogP) is 1.14. The minimum absolute atomic E-state index is 0.0383. The van der Waals surface area contributed by atoms with Crippen LogP contribution in [0.3, 0.4) is 0 Å². The first-order chi connectivity index (χ1) is 7.24. The monoisotopic (exact) mass is 206 g/mol. The number of hydrogen-bond acceptors (Lipinski definition) is 3. The Labute approximate surface area is 90.5 Å². The maximum Gasteiger partial charge on any atom is 0.0702 e. The summed E-state index contributed by atoms with van der Waals surface area (Å²) in [6, 6.07) is 4.07. The number of benzene rings is 1. The fourth-order valence-electron chi connectivity index (χ4n) is 2.14. The van der Waals surface area contributed by atoms with Crippen molar-refractivity contribution in [2.45, 2.75) is 26.5 Å². The largest absolute Gasteiger partial charge is 0.398 e. The number of aliphatic hydroxyl groups excluding tert-OH is 1. The van der Waals surface area contributed by atoms with E-state index >= 15 is 0 Å². The molecule has 2 rings (SSSR count). The summed E-state index contributed by atoms with van der Waals surface area (Å²) in [5.41, 5.74) is 10.1. The highest BCUT2D eigenvalue weighted by Gasteiger charge is 2.16. The van der Waals surface area contributed by atoms with Crippen LogP contribution in [0.4, 0.5) is 5.69 Å². The van der Waals surface area contributed by atoms with Gasteiger partial charge in [0.15, 0.2) is 0 Å². The van der Waals surface area contributed by atoms with Gasteiger partial charge >= 0.3 is 0 Å². The molecule has 0 amide bonds. The van der Waals surface area contributed by atoms with E-state index in [9.17, 15) is 0 Å². The number of fused-ring (bicyclic) bond motifs is 1. The summed E-state index contributed by atoms with van der Waals surface area (Å²) in [6.07, 6.45) is 1.07. The normalized spacial score (nSPS) is 16.4. The zero-order valence-corrected chi connectivity index (χ0v) is 9.16. The van der Waals surface area contributed by atoms with Gasteiger partial charge in [-0.1, -0.05) is 13.0 Å². The van der Waals surface area contributed by atoms with Gasteiger partial charge < -0.3 is 10.8 Å². The maximum absolute atomic E-state index is 9.13. The van der Waals surface area contributed by atoms with Crippen molar-refractivity contribution in [1.82, 2.24) is 4.90 Å². The summed E-state index contributed by atoms with van der Waals surface area (Å²) in [7, 11) is 0. The molecule has 1 aromatic rings. The van der Waals surface area contributed by atoms with E-state index in [-0.39, 0.29) is 6.61 Å². The molecule has 0 aromatic heterocycles. The third-order valence-corrected chi connectivity index (χ3v) is 3.17.